The molecule has 0 spiro atoms. The molecule has 0 bridgehead atoms. The van der Waals surface area contributed by atoms with E-state index >= 15 is 0 Å². The summed E-state index contributed by atoms with van der Waals surface area (Å²) in [5.74, 6) is 0. The van der Waals surface area contributed by atoms with E-state index in [1.165, 1.54) is 13.2 Å². The summed E-state index contributed by atoms with van der Waals surface area (Å²) in [5.41, 5.74) is -0.852. The van der Waals surface area contributed by atoms with Gasteiger partial charge in [0, 0.05) is 19.2 Å². The van der Waals surface area contributed by atoms with E-state index in [0.29, 0.717) is 5.56 Å². The van der Waals surface area contributed by atoms with Crippen LogP contribution in [0.5, 0.6) is 0 Å². The Kier molecular flexibility index (Phi) is 5.56. The van der Waals surface area contributed by atoms with Gasteiger partial charge in [0.25, 0.3) is 0 Å². The Morgan fingerprint density at radius 2 is 1.85 bits per heavy atom. The fourth-order valence-electron chi connectivity index (χ4n) is 1.81. The molecule has 1 atom stereocenters. The molecule has 6 heteroatoms. The number of hydrogen-bond acceptors (Lipinski definition) is 3. The smallest absolute Gasteiger partial charge is 0.389 e. The quantitative estimate of drug-likeness (QED) is 0.846. The third kappa shape index (κ3) is 4.77. The van der Waals surface area contributed by atoms with Crippen LogP contribution in [0.15, 0.2) is 24.3 Å². The number of alkyl halides is 3. The molecule has 0 unspecified atom stereocenters. The summed E-state index contributed by atoms with van der Waals surface area (Å²) in [4.78, 5) is 0. The van der Waals surface area contributed by atoms with Crippen molar-refractivity contribution >= 4 is 0 Å². The van der Waals surface area contributed by atoms with Crippen molar-refractivity contribution in [2.45, 2.75) is 31.7 Å². The summed E-state index contributed by atoms with van der Waals surface area (Å²) in [6, 6.07) is 5.17. The van der Waals surface area contributed by atoms with Gasteiger partial charge < -0.3 is 15.2 Å². The van der Waals surface area contributed by atoms with Crippen molar-refractivity contribution < 1.29 is 23.0 Å². The monoisotopic (exact) mass is 291 g/mol. The van der Waals surface area contributed by atoms with Crippen LogP contribution in [0.2, 0.25) is 0 Å². The molecular weight excluding hydrogens is 271 g/mol. The number of halogens is 3. The van der Waals surface area contributed by atoms with Gasteiger partial charge in [0.05, 0.1) is 18.3 Å². The molecule has 1 aromatic rings. The number of aliphatic hydroxyl groups excluding tert-OH is 1. The van der Waals surface area contributed by atoms with Crippen LogP contribution in [0, 0.1) is 0 Å². The molecule has 0 aliphatic rings. The van der Waals surface area contributed by atoms with Crippen molar-refractivity contribution in [3.63, 3.8) is 0 Å². The average Bonchev–Trinajstić information content (AvgIpc) is 2.36. The summed E-state index contributed by atoms with van der Waals surface area (Å²) >= 11 is 0. The number of aliphatic hydroxyl groups is 1. The van der Waals surface area contributed by atoms with Crippen molar-refractivity contribution in [3.05, 3.63) is 35.4 Å². The average molecular weight is 291 g/mol. The highest BCUT2D eigenvalue weighted by Gasteiger charge is 2.32. The Morgan fingerprint density at radius 1 is 1.25 bits per heavy atom. The van der Waals surface area contributed by atoms with E-state index in [1.807, 2.05) is 0 Å². The molecule has 0 radical (unpaired) electrons. The van der Waals surface area contributed by atoms with Gasteiger partial charge in [-0.15, -0.1) is 0 Å². The maximum atomic E-state index is 12.7. The summed E-state index contributed by atoms with van der Waals surface area (Å²) < 4.78 is 42.9. The van der Waals surface area contributed by atoms with E-state index in [0.717, 1.165) is 12.1 Å². The van der Waals surface area contributed by atoms with E-state index in [2.05, 4.69) is 5.32 Å². The number of rotatable bonds is 6. The molecule has 2 N–H and O–H groups in total. The predicted octanol–water partition coefficient (Wildman–Crippen LogP) is 2.54. The summed E-state index contributed by atoms with van der Waals surface area (Å²) in [5, 5.41) is 12.6. The second-order valence-electron chi connectivity index (χ2n) is 5.19. The maximum Gasteiger partial charge on any atom is 0.416 e. The highest BCUT2D eigenvalue weighted by atomic mass is 19.4. The Balaban J connectivity index is 2.81. The number of ether oxygens (including phenoxy) is 1. The minimum atomic E-state index is -4.36. The van der Waals surface area contributed by atoms with Gasteiger partial charge in [-0.25, -0.2) is 0 Å². The number of nitrogens with one attached hydrogen (secondary N) is 1. The lowest BCUT2D eigenvalue weighted by atomic mass is 9.92. The van der Waals surface area contributed by atoms with Crippen LogP contribution in [0.4, 0.5) is 13.2 Å². The lowest BCUT2D eigenvalue weighted by molar-refractivity contribution is -0.137. The molecule has 0 aliphatic carbocycles. The Bertz CT molecular complexity index is 433. The lowest BCUT2D eigenvalue weighted by Gasteiger charge is -2.29. The van der Waals surface area contributed by atoms with Crippen molar-refractivity contribution in [3.8, 4) is 0 Å². The molecule has 114 valence electrons. The zero-order valence-electron chi connectivity index (χ0n) is 11.8. The molecule has 0 saturated heterocycles. The maximum absolute atomic E-state index is 12.7. The molecule has 3 nitrogen and oxygen atoms in total. The minimum Gasteiger partial charge on any atom is -0.389 e. The molecule has 1 aromatic carbocycles. The molecular formula is C14H20F3NO2. The standard InChI is InChI=1S/C14H20F3NO2/c1-13(2,18-8-12(19)9-20-3)10-5-4-6-11(7-10)14(15,16)17/h4-7,12,18-19H,8-9H2,1-3H3/t12-/m1/s1. The fraction of sp³-hybridized carbons (Fsp3) is 0.571. The van der Waals surface area contributed by atoms with Crippen LogP contribution in [0.3, 0.4) is 0 Å². The summed E-state index contributed by atoms with van der Waals surface area (Å²) in [6.45, 7) is 3.94. The molecule has 20 heavy (non-hydrogen) atoms. The van der Waals surface area contributed by atoms with Gasteiger partial charge in [0.2, 0.25) is 0 Å². The van der Waals surface area contributed by atoms with Gasteiger partial charge in [0.1, 0.15) is 0 Å². The highest BCUT2D eigenvalue weighted by Crippen LogP contribution is 2.31. The van der Waals surface area contributed by atoms with E-state index < -0.39 is 23.4 Å². The molecule has 0 aliphatic heterocycles. The van der Waals surface area contributed by atoms with Gasteiger partial charge in [-0.05, 0) is 31.5 Å². The Morgan fingerprint density at radius 3 is 2.40 bits per heavy atom. The Labute approximate surface area is 116 Å². The largest absolute Gasteiger partial charge is 0.416 e. The van der Waals surface area contributed by atoms with E-state index in [9.17, 15) is 18.3 Å². The van der Waals surface area contributed by atoms with Crippen LogP contribution < -0.4 is 5.32 Å². The van der Waals surface area contributed by atoms with Gasteiger partial charge >= 0.3 is 6.18 Å². The second-order valence-corrected chi connectivity index (χ2v) is 5.19. The zero-order valence-corrected chi connectivity index (χ0v) is 11.8. The second kappa shape index (κ2) is 6.56. The van der Waals surface area contributed by atoms with Crippen LogP contribution in [0.25, 0.3) is 0 Å². The molecule has 0 aromatic heterocycles. The lowest BCUT2D eigenvalue weighted by Crippen LogP contribution is -2.42. The molecule has 0 heterocycles. The first-order valence-corrected chi connectivity index (χ1v) is 6.26. The first-order chi connectivity index (χ1) is 9.16. The number of benzene rings is 1. The summed E-state index contributed by atoms with van der Waals surface area (Å²) in [7, 11) is 1.47. The normalized spacial score (nSPS) is 14.3. The van der Waals surface area contributed by atoms with Crippen molar-refractivity contribution in [2.24, 2.45) is 0 Å². The SMILES string of the molecule is COC[C@H](O)CNC(C)(C)c1cccc(C(F)(F)F)c1. The molecule has 0 amide bonds. The van der Waals surface area contributed by atoms with Gasteiger partial charge in [-0.2, -0.15) is 13.2 Å². The fourth-order valence-corrected chi connectivity index (χ4v) is 1.81. The van der Waals surface area contributed by atoms with Crippen LogP contribution in [-0.4, -0.2) is 31.5 Å². The molecule has 0 saturated carbocycles. The van der Waals surface area contributed by atoms with Gasteiger partial charge in [0.15, 0.2) is 0 Å². The van der Waals surface area contributed by atoms with Gasteiger partial charge in [-0.3, -0.25) is 0 Å². The Hall–Kier alpha value is -1.11. The first-order valence-electron chi connectivity index (χ1n) is 6.26. The third-order valence-corrected chi connectivity index (χ3v) is 3.05. The third-order valence-electron chi connectivity index (χ3n) is 3.05. The zero-order chi connectivity index (χ0) is 15.4. The molecule has 1 rings (SSSR count). The topological polar surface area (TPSA) is 41.5 Å². The number of hydrogen-bond donors (Lipinski definition) is 2. The van der Waals surface area contributed by atoms with Crippen LogP contribution >= 0.6 is 0 Å². The van der Waals surface area contributed by atoms with Crippen molar-refractivity contribution in [2.75, 3.05) is 20.3 Å². The first kappa shape index (κ1) is 16.9. The predicted molar refractivity (Wildman–Crippen MR) is 70.4 cm³/mol. The highest BCUT2D eigenvalue weighted by molar-refractivity contribution is 5.30. The number of methoxy groups -OCH3 is 1. The van der Waals surface area contributed by atoms with Crippen LogP contribution in [0.1, 0.15) is 25.0 Å². The van der Waals surface area contributed by atoms with Crippen LogP contribution in [-0.2, 0) is 16.5 Å². The van der Waals surface area contributed by atoms with Crippen molar-refractivity contribution in [1.82, 2.24) is 5.32 Å². The van der Waals surface area contributed by atoms with Gasteiger partial charge in [-0.1, -0.05) is 12.1 Å². The van der Waals surface area contributed by atoms with E-state index in [1.54, 1.807) is 19.9 Å². The molecule has 0 fully saturated rings. The van der Waals surface area contributed by atoms with Crippen molar-refractivity contribution in [1.29, 1.82) is 0 Å². The summed E-state index contributed by atoms with van der Waals surface area (Å²) in [6.07, 6.45) is -5.06. The van der Waals surface area contributed by atoms with E-state index in [4.69, 9.17) is 4.74 Å². The minimum absolute atomic E-state index is 0.172. The van der Waals surface area contributed by atoms with E-state index in [-0.39, 0.29) is 13.2 Å².